The first kappa shape index (κ1) is 8.63. The Morgan fingerprint density at radius 1 is 1.64 bits per heavy atom. The van der Waals surface area contributed by atoms with Gasteiger partial charge in [-0.15, -0.1) is 0 Å². The summed E-state index contributed by atoms with van der Waals surface area (Å²) in [5, 5.41) is 0. The minimum Gasteiger partial charge on any atom is -0.378 e. The number of unbranched alkanes of at least 4 members (excludes halogenated alkanes) is 1. The molecule has 0 bridgehead atoms. The standard InChI is InChI=1S/C10H19N/c1-3-5-6-10-7-8-11(4-2)9-10/h4,10H,2-3,5-9H2,1H3. The Morgan fingerprint density at radius 3 is 3.00 bits per heavy atom. The van der Waals surface area contributed by atoms with E-state index in [4.69, 9.17) is 0 Å². The average molecular weight is 153 g/mol. The van der Waals surface area contributed by atoms with Gasteiger partial charge in [-0.1, -0.05) is 26.3 Å². The average Bonchev–Trinajstić information content (AvgIpc) is 2.48. The van der Waals surface area contributed by atoms with E-state index in [0.29, 0.717) is 0 Å². The molecule has 11 heavy (non-hydrogen) atoms. The molecule has 1 heterocycles. The normalized spacial score (nSPS) is 24.1. The highest BCUT2D eigenvalue weighted by Gasteiger charge is 2.18. The molecule has 1 fully saturated rings. The summed E-state index contributed by atoms with van der Waals surface area (Å²) in [6, 6.07) is 0. The molecule has 0 aliphatic carbocycles. The lowest BCUT2D eigenvalue weighted by molar-refractivity contribution is 0.421. The molecule has 1 rings (SSSR count). The lowest BCUT2D eigenvalue weighted by atomic mass is 10.0. The van der Waals surface area contributed by atoms with Gasteiger partial charge in [0.25, 0.3) is 0 Å². The van der Waals surface area contributed by atoms with Crippen molar-refractivity contribution < 1.29 is 0 Å². The first-order valence-corrected chi connectivity index (χ1v) is 4.73. The van der Waals surface area contributed by atoms with Crippen molar-refractivity contribution in [1.82, 2.24) is 4.90 Å². The van der Waals surface area contributed by atoms with Crippen molar-refractivity contribution in [3.63, 3.8) is 0 Å². The summed E-state index contributed by atoms with van der Waals surface area (Å²) in [4.78, 5) is 2.33. The summed E-state index contributed by atoms with van der Waals surface area (Å²) in [7, 11) is 0. The predicted octanol–water partition coefficient (Wildman–Crippen LogP) is 2.64. The van der Waals surface area contributed by atoms with Gasteiger partial charge in [-0.2, -0.15) is 0 Å². The maximum Gasteiger partial charge on any atom is 0.0201 e. The van der Waals surface area contributed by atoms with Crippen molar-refractivity contribution in [2.45, 2.75) is 32.6 Å². The van der Waals surface area contributed by atoms with Crippen molar-refractivity contribution in [3.05, 3.63) is 12.8 Å². The Bertz CT molecular complexity index is 120. The van der Waals surface area contributed by atoms with E-state index in [1.807, 2.05) is 6.20 Å². The van der Waals surface area contributed by atoms with Gasteiger partial charge in [-0.25, -0.2) is 0 Å². The maximum atomic E-state index is 3.78. The third-order valence-electron chi connectivity index (χ3n) is 2.54. The fourth-order valence-corrected chi connectivity index (χ4v) is 1.76. The minimum atomic E-state index is 0.952. The van der Waals surface area contributed by atoms with Crippen LogP contribution in [0.3, 0.4) is 0 Å². The first-order chi connectivity index (χ1) is 5.36. The summed E-state index contributed by atoms with van der Waals surface area (Å²) in [6.07, 6.45) is 7.51. The Kier molecular flexibility index (Phi) is 3.47. The molecule has 0 aromatic rings. The van der Waals surface area contributed by atoms with Crippen LogP contribution in [0.2, 0.25) is 0 Å². The van der Waals surface area contributed by atoms with Gasteiger partial charge >= 0.3 is 0 Å². The van der Waals surface area contributed by atoms with Crippen LogP contribution >= 0.6 is 0 Å². The van der Waals surface area contributed by atoms with E-state index in [-0.39, 0.29) is 0 Å². The Balaban J connectivity index is 2.14. The van der Waals surface area contributed by atoms with Gasteiger partial charge in [0.05, 0.1) is 0 Å². The highest BCUT2D eigenvalue weighted by Crippen LogP contribution is 2.21. The van der Waals surface area contributed by atoms with E-state index in [0.717, 1.165) is 5.92 Å². The molecule has 0 aromatic heterocycles. The number of hydrogen-bond donors (Lipinski definition) is 0. The second kappa shape index (κ2) is 4.42. The zero-order valence-corrected chi connectivity index (χ0v) is 7.55. The van der Waals surface area contributed by atoms with Crippen LogP contribution in [0.25, 0.3) is 0 Å². The van der Waals surface area contributed by atoms with Crippen LogP contribution in [0.4, 0.5) is 0 Å². The Hall–Kier alpha value is -0.460. The molecule has 1 aliphatic rings. The molecule has 1 atom stereocenters. The number of nitrogens with zero attached hydrogens (tertiary/aromatic N) is 1. The highest BCUT2D eigenvalue weighted by molar-refractivity contribution is 4.81. The van der Waals surface area contributed by atoms with Crippen LogP contribution < -0.4 is 0 Å². The Labute approximate surface area is 70.1 Å². The predicted molar refractivity (Wildman–Crippen MR) is 49.4 cm³/mol. The quantitative estimate of drug-likeness (QED) is 0.600. The summed E-state index contributed by atoms with van der Waals surface area (Å²) in [6.45, 7) is 8.53. The van der Waals surface area contributed by atoms with Gasteiger partial charge in [0.2, 0.25) is 0 Å². The fourth-order valence-electron chi connectivity index (χ4n) is 1.76. The molecule has 64 valence electrons. The van der Waals surface area contributed by atoms with Crippen LogP contribution in [-0.2, 0) is 0 Å². The molecule has 0 N–H and O–H groups in total. The van der Waals surface area contributed by atoms with Crippen molar-refractivity contribution in [2.24, 2.45) is 5.92 Å². The summed E-state index contributed by atoms with van der Waals surface area (Å²) >= 11 is 0. The van der Waals surface area contributed by atoms with Gasteiger partial charge < -0.3 is 4.90 Å². The van der Waals surface area contributed by atoms with E-state index in [1.54, 1.807) is 0 Å². The van der Waals surface area contributed by atoms with Crippen LogP contribution in [-0.4, -0.2) is 18.0 Å². The van der Waals surface area contributed by atoms with Crippen LogP contribution in [0.15, 0.2) is 12.8 Å². The van der Waals surface area contributed by atoms with Crippen molar-refractivity contribution in [2.75, 3.05) is 13.1 Å². The molecule has 0 aromatic carbocycles. The molecular formula is C10H19N. The SMILES string of the molecule is C=CN1CCC(CCCC)C1. The summed E-state index contributed by atoms with van der Waals surface area (Å²) in [5.74, 6) is 0.952. The van der Waals surface area contributed by atoms with Gasteiger partial charge in [-0.05, 0) is 25.0 Å². The molecule has 1 heteroatoms. The molecule has 0 spiro atoms. The maximum absolute atomic E-state index is 3.78. The van der Waals surface area contributed by atoms with E-state index in [9.17, 15) is 0 Å². The summed E-state index contributed by atoms with van der Waals surface area (Å²) in [5.41, 5.74) is 0. The molecule has 1 unspecified atom stereocenters. The number of rotatable bonds is 4. The third kappa shape index (κ3) is 2.57. The van der Waals surface area contributed by atoms with E-state index >= 15 is 0 Å². The molecule has 1 aliphatic heterocycles. The molecule has 1 saturated heterocycles. The number of hydrogen-bond acceptors (Lipinski definition) is 1. The lowest BCUT2D eigenvalue weighted by Crippen LogP contribution is -2.12. The lowest BCUT2D eigenvalue weighted by Gasteiger charge is -2.11. The van der Waals surface area contributed by atoms with Crippen molar-refractivity contribution in [1.29, 1.82) is 0 Å². The third-order valence-corrected chi connectivity index (χ3v) is 2.54. The molecule has 1 nitrogen and oxygen atoms in total. The van der Waals surface area contributed by atoms with Gasteiger partial charge in [0.15, 0.2) is 0 Å². The second-order valence-electron chi connectivity index (χ2n) is 3.47. The molecule has 0 amide bonds. The zero-order valence-electron chi connectivity index (χ0n) is 7.55. The number of likely N-dealkylation sites (tertiary alicyclic amines) is 1. The largest absolute Gasteiger partial charge is 0.378 e. The topological polar surface area (TPSA) is 3.24 Å². The second-order valence-corrected chi connectivity index (χ2v) is 3.47. The monoisotopic (exact) mass is 153 g/mol. The van der Waals surface area contributed by atoms with Gasteiger partial charge in [0, 0.05) is 13.1 Å². The van der Waals surface area contributed by atoms with E-state index in [1.165, 1.54) is 38.8 Å². The smallest absolute Gasteiger partial charge is 0.0201 e. The summed E-state index contributed by atoms with van der Waals surface area (Å²) < 4.78 is 0. The van der Waals surface area contributed by atoms with Gasteiger partial charge in [-0.3, -0.25) is 0 Å². The van der Waals surface area contributed by atoms with Gasteiger partial charge in [0.1, 0.15) is 0 Å². The van der Waals surface area contributed by atoms with Crippen LogP contribution in [0.5, 0.6) is 0 Å². The molecule has 0 radical (unpaired) electrons. The minimum absolute atomic E-state index is 0.952. The zero-order chi connectivity index (χ0) is 8.10. The van der Waals surface area contributed by atoms with Crippen LogP contribution in [0.1, 0.15) is 32.6 Å². The highest BCUT2D eigenvalue weighted by atomic mass is 15.1. The Morgan fingerprint density at radius 2 is 2.45 bits per heavy atom. The van der Waals surface area contributed by atoms with E-state index in [2.05, 4.69) is 18.4 Å². The van der Waals surface area contributed by atoms with Crippen LogP contribution in [0, 0.1) is 5.92 Å². The first-order valence-electron chi connectivity index (χ1n) is 4.73. The molecule has 0 saturated carbocycles. The molecular weight excluding hydrogens is 134 g/mol. The fraction of sp³-hybridized carbons (Fsp3) is 0.800. The van der Waals surface area contributed by atoms with E-state index < -0.39 is 0 Å². The van der Waals surface area contributed by atoms with Crippen molar-refractivity contribution in [3.8, 4) is 0 Å². The van der Waals surface area contributed by atoms with Crippen molar-refractivity contribution >= 4 is 0 Å².